The van der Waals surface area contributed by atoms with E-state index in [9.17, 15) is 4.79 Å². The van der Waals surface area contributed by atoms with E-state index in [0.717, 1.165) is 57.0 Å². The van der Waals surface area contributed by atoms with Crippen LogP contribution in [0.3, 0.4) is 0 Å². The second kappa shape index (κ2) is 8.75. The van der Waals surface area contributed by atoms with Crippen molar-refractivity contribution < 1.29 is 4.79 Å². The number of carbonyl (C=O) groups is 1. The van der Waals surface area contributed by atoms with Crippen molar-refractivity contribution in [1.29, 1.82) is 0 Å². The number of fused-ring (bicyclic) bond motifs is 1. The van der Waals surface area contributed by atoms with Crippen LogP contribution in [0.1, 0.15) is 22.3 Å². The van der Waals surface area contributed by atoms with Gasteiger partial charge in [-0.15, -0.1) is 0 Å². The minimum absolute atomic E-state index is 0.445. The van der Waals surface area contributed by atoms with E-state index in [1.54, 1.807) is 6.07 Å². The number of imidazole rings is 1. The van der Waals surface area contributed by atoms with Crippen molar-refractivity contribution >= 4 is 28.6 Å². The normalized spacial score (nSPS) is 15.3. The van der Waals surface area contributed by atoms with Crippen molar-refractivity contribution in [3.05, 3.63) is 53.6 Å². The number of amides is 1. The summed E-state index contributed by atoms with van der Waals surface area (Å²) in [6, 6.07) is 14.3. The Morgan fingerprint density at radius 1 is 1.10 bits per heavy atom. The lowest BCUT2D eigenvalue weighted by Crippen LogP contribution is -2.32. The average molecular weight is 407 g/mol. The van der Waals surface area contributed by atoms with Gasteiger partial charge in [0.15, 0.2) is 0 Å². The predicted molar refractivity (Wildman–Crippen MR) is 122 cm³/mol. The van der Waals surface area contributed by atoms with E-state index in [-0.39, 0.29) is 0 Å². The summed E-state index contributed by atoms with van der Waals surface area (Å²) in [5, 5.41) is 0. The van der Waals surface area contributed by atoms with Crippen molar-refractivity contribution in [2.45, 2.75) is 12.8 Å². The third-order valence-corrected chi connectivity index (χ3v) is 5.82. The van der Waals surface area contributed by atoms with Crippen molar-refractivity contribution in [2.24, 2.45) is 5.73 Å². The van der Waals surface area contributed by atoms with Crippen LogP contribution in [-0.2, 0) is 6.42 Å². The maximum Gasteiger partial charge on any atom is 0.250 e. The van der Waals surface area contributed by atoms with E-state index in [4.69, 9.17) is 5.73 Å². The number of nitrogens with two attached hydrogens (primary N) is 1. The number of anilines is 2. The van der Waals surface area contributed by atoms with Gasteiger partial charge in [-0.25, -0.2) is 4.98 Å². The van der Waals surface area contributed by atoms with E-state index in [1.165, 1.54) is 11.3 Å². The van der Waals surface area contributed by atoms with Gasteiger partial charge >= 0.3 is 0 Å². The molecule has 3 aromatic rings. The number of para-hydroxylation sites is 1. The third-order valence-electron chi connectivity index (χ3n) is 5.82. The molecule has 7 heteroatoms. The van der Waals surface area contributed by atoms with Gasteiger partial charge < -0.3 is 25.4 Å². The van der Waals surface area contributed by atoms with E-state index in [2.05, 4.69) is 63.0 Å². The fourth-order valence-corrected chi connectivity index (χ4v) is 4.02. The maximum absolute atomic E-state index is 11.7. The molecule has 0 unspecified atom stereocenters. The van der Waals surface area contributed by atoms with Crippen LogP contribution in [-0.4, -0.2) is 67.6 Å². The molecule has 30 heavy (non-hydrogen) atoms. The van der Waals surface area contributed by atoms with Crippen LogP contribution in [0.15, 0.2) is 42.5 Å². The van der Waals surface area contributed by atoms with Crippen LogP contribution in [0, 0.1) is 0 Å². The third kappa shape index (κ3) is 4.41. The summed E-state index contributed by atoms with van der Waals surface area (Å²) in [5.74, 6) is 0.374. The Morgan fingerprint density at radius 2 is 1.90 bits per heavy atom. The van der Waals surface area contributed by atoms with Crippen LogP contribution in [0.5, 0.6) is 0 Å². The fraction of sp³-hybridized carbons (Fsp3) is 0.391. The standard InChI is InChI=1S/C23H30N6O/c1-27(2)18-9-7-17(8-10-18)11-14-28-12-4-13-29(16-15-28)23-25-20-6-3-5-19(22(24)30)21(20)26-23/h3,5-10H,4,11-16H2,1-2H3,(H2,24,30)(H,25,26). The summed E-state index contributed by atoms with van der Waals surface area (Å²) < 4.78 is 0. The highest BCUT2D eigenvalue weighted by atomic mass is 16.1. The highest BCUT2D eigenvalue weighted by Crippen LogP contribution is 2.22. The number of benzene rings is 2. The minimum Gasteiger partial charge on any atom is -0.378 e. The number of hydrogen-bond acceptors (Lipinski definition) is 5. The van der Waals surface area contributed by atoms with Crippen LogP contribution >= 0.6 is 0 Å². The first-order valence-electron chi connectivity index (χ1n) is 10.5. The summed E-state index contributed by atoms with van der Waals surface area (Å²) in [6.07, 6.45) is 2.14. The van der Waals surface area contributed by atoms with E-state index in [1.807, 2.05) is 12.1 Å². The number of aromatic nitrogens is 2. The first-order chi connectivity index (χ1) is 14.5. The van der Waals surface area contributed by atoms with Crippen molar-refractivity contribution in [1.82, 2.24) is 14.9 Å². The molecule has 1 amide bonds. The molecule has 1 aliphatic heterocycles. The summed E-state index contributed by atoms with van der Waals surface area (Å²) in [5.41, 5.74) is 10.1. The van der Waals surface area contributed by atoms with Crippen molar-refractivity contribution in [3.63, 3.8) is 0 Å². The SMILES string of the molecule is CN(C)c1ccc(CCN2CCCN(c3nc4c(C(N)=O)cccc4[nH]3)CC2)cc1. The molecule has 0 aliphatic carbocycles. The number of primary amides is 1. The van der Waals surface area contributed by atoms with Gasteiger partial charge in [0.2, 0.25) is 5.95 Å². The molecule has 2 heterocycles. The molecule has 7 nitrogen and oxygen atoms in total. The zero-order valence-corrected chi connectivity index (χ0v) is 17.8. The number of nitrogens with one attached hydrogen (secondary N) is 1. The fourth-order valence-electron chi connectivity index (χ4n) is 4.02. The molecule has 0 atom stereocenters. The zero-order valence-electron chi connectivity index (χ0n) is 17.8. The maximum atomic E-state index is 11.7. The van der Waals surface area contributed by atoms with Gasteiger partial charge in [-0.05, 0) is 49.2 Å². The lowest BCUT2D eigenvalue weighted by molar-refractivity contribution is 0.100. The van der Waals surface area contributed by atoms with Crippen LogP contribution in [0.4, 0.5) is 11.6 Å². The monoisotopic (exact) mass is 406 g/mol. The smallest absolute Gasteiger partial charge is 0.250 e. The molecule has 0 radical (unpaired) electrons. The molecule has 1 saturated heterocycles. The molecule has 4 rings (SSSR count). The number of hydrogen-bond donors (Lipinski definition) is 2. The topological polar surface area (TPSA) is 81.5 Å². The largest absolute Gasteiger partial charge is 0.378 e. The van der Waals surface area contributed by atoms with E-state index in [0.29, 0.717) is 11.1 Å². The minimum atomic E-state index is -0.445. The number of nitrogens with zero attached hydrogens (tertiary/aromatic N) is 4. The Bertz CT molecular complexity index is 1010. The first kappa shape index (κ1) is 20.2. The quantitative estimate of drug-likeness (QED) is 0.657. The average Bonchev–Trinajstić information content (AvgIpc) is 3.03. The van der Waals surface area contributed by atoms with Crippen LogP contribution in [0.2, 0.25) is 0 Å². The summed E-state index contributed by atoms with van der Waals surface area (Å²) >= 11 is 0. The highest BCUT2D eigenvalue weighted by molar-refractivity contribution is 6.04. The summed E-state index contributed by atoms with van der Waals surface area (Å²) in [6.45, 7) is 4.99. The molecular weight excluding hydrogens is 376 g/mol. The zero-order chi connectivity index (χ0) is 21.1. The number of rotatable bonds is 6. The predicted octanol–water partition coefficient (Wildman–Crippen LogP) is 2.48. The number of H-pyrrole nitrogens is 1. The molecule has 0 spiro atoms. The summed E-state index contributed by atoms with van der Waals surface area (Å²) in [4.78, 5) is 26.7. The van der Waals surface area contributed by atoms with Gasteiger partial charge in [0, 0.05) is 46.0 Å². The molecule has 1 aliphatic rings. The van der Waals surface area contributed by atoms with Gasteiger partial charge in [0.1, 0.15) is 5.52 Å². The Balaban J connectivity index is 1.37. The lowest BCUT2D eigenvalue weighted by Gasteiger charge is -2.21. The lowest BCUT2D eigenvalue weighted by atomic mass is 10.1. The molecular formula is C23H30N6O. The Labute approximate surface area is 177 Å². The van der Waals surface area contributed by atoms with Crippen LogP contribution < -0.4 is 15.5 Å². The Morgan fingerprint density at radius 3 is 2.63 bits per heavy atom. The second-order valence-electron chi connectivity index (χ2n) is 8.12. The number of aromatic amines is 1. The van der Waals surface area contributed by atoms with Crippen molar-refractivity contribution in [3.8, 4) is 0 Å². The molecule has 1 fully saturated rings. The molecule has 0 bridgehead atoms. The molecule has 2 aromatic carbocycles. The van der Waals surface area contributed by atoms with Gasteiger partial charge in [-0.1, -0.05) is 18.2 Å². The second-order valence-corrected chi connectivity index (χ2v) is 8.12. The first-order valence-corrected chi connectivity index (χ1v) is 10.5. The molecule has 3 N–H and O–H groups in total. The number of carbonyl (C=O) groups excluding carboxylic acids is 1. The molecule has 0 saturated carbocycles. The van der Waals surface area contributed by atoms with E-state index >= 15 is 0 Å². The molecule has 1 aromatic heterocycles. The van der Waals surface area contributed by atoms with Gasteiger partial charge in [-0.3, -0.25) is 4.79 Å². The van der Waals surface area contributed by atoms with Gasteiger partial charge in [0.05, 0.1) is 11.1 Å². The summed E-state index contributed by atoms with van der Waals surface area (Å²) in [7, 11) is 4.13. The van der Waals surface area contributed by atoms with Crippen molar-refractivity contribution in [2.75, 3.05) is 56.6 Å². The Hall–Kier alpha value is -3.06. The van der Waals surface area contributed by atoms with E-state index < -0.39 is 5.91 Å². The van der Waals surface area contributed by atoms with Crippen LogP contribution in [0.25, 0.3) is 11.0 Å². The Kier molecular flexibility index (Phi) is 5.90. The highest BCUT2D eigenvalue weighted by Gasteiger charge is 2.19. The van der Waals surface area contributed by atoms with Gasteiger partial charge in [-0.2, -0.15) is 0 Å². The molecule has 158 valence electrons. The van der Waals surface area contributed by atoms with Gasteiger partial charge in [0.25, 0.3) is 5.91 Å².